The van der Waals surface area contributed by atoms with Crippen LogP contribution in [0.15, 0.2) is 64.8 Å². The van der Waals surface area contributed by atoms with Crippen LogP contribution in [0.1, 0.15) is 27.0 Å². The number of carboxylic acid groups (broad SMARTS) is 1. The summed E-state index contributed by atoms with van der Waals surface area (Å²) in [6.45, 7) is -0.233. The van der Waals surface area contributed by atoms with Crippen LogP contribution in [0.3, 0.4) is 0 Å². The van der Waals surface area contributed by atoms with Crippen molar-refractivity contribution in [1.82, 2.24) is 9.97 Å². The van der Waals surface area contributed by atoms with Crippen LogP contribution in [0, 0.1) is 0 Å². The summed E-state index contributed by atoms with van der Waals surface area (Å²) < 4.78 is 39.8. The number of thioether (sulfide) groups is 2. The Balaban J connectivity index is 1.92. The van der Waals surface area contributed by atoms with Gasteiger partial charge in [0.25, 0.3) is 0 Å². The van der Waals surface area contributed by atoms with E-state index in [0.29, 0.717) is 10.9 Å². The standard InChI is InChI=1S/C21H18F3N3O2S2/c1-30-20-26-17(25-11-14-9-5-6-10-15(14)21(22,23)24)16(19(28)29)18(27-20)31-12-13-7-3-2-4-8-13/h2-10H,11-12H2,1H3,(H,28,29)(H,25,26,27). The molecule has 0 bridgehead atoms. The number of anilines is 1. The number of aromatic nitrogens is 2. The number of halogens is 3. The fraction of sp³-hybridized carbons (Fsp3) is 0.190. The third kappa shape index (κ3) is 5.92. The molecule has 0 aliphatic heterocycles. The van der Waals surface area contributed by atoms with Crippen LogP contribution in [0.5, 0.6) is 0 Å². The number of nitrogens with zero attached hydrogens (tertiary/aromatic N) is 2. The molecule has 0 saturated heterocycles. The number of rotatable bonds is 8. The molecule has 0 spiro atoms. The average molecular weight is 466 g/mol. The molecule has 0 aliphatic rings. The molecule has 0 saturated carbocycles. The Morgan fingerprint density at radius 1 is 1.06 bits per heavy atom. The van der Waals surface area contributed by atoms with Crippen molar-refractivity contribution in [1.29, 1.82) is 0 Å². The number of hydrogen-bond acceptors (Lipinski definition) is 6. The van der Waals surface area contributed by atoms with E-state index in [4.69, 9.17) is 0 Å². The van der Waals surface area contributed by atoms with E-state index in [2.05, 4.69) is 15.3 Å². The van der Waals surface area contributed by atoms with Gasteiger partial charge in [-0.15, -0.1) is 11.8 Å². The summed E-state index contributed by atoms with van der Waals surface area (Å²) >= 11 is 2.46. The van der Waals surface area contributed by atoms with Gasteiger partial charge >= 0.3 is 12.1 Å². The van der Waals surface area contributed by atoms with Gasteiger partial charge in [-0.3, -0.25) is 0 Å². The highest BCUT2D eigenvalue weighted by Crippen LogP contribution is 2.34. The van der Waals surface area contributed by atoms with Gasteiger partial charge in [-0.05, 0) is 23.4 Å². The molecule has 2 aromatic carbocycles. The molecule has 2 N–H and O–H groups in total. The van der Waals surface area contributed by atoms with Gasteiger partial charge in [0, 0.05) is 12.3 Å². The van der Waals surface area contributed by atoms with E-state index in [9.17, 15) is 23.1 Å². The maximum Gasteiger partial charge on any atom is 0.416 e. The molecular weight excluding hydrogens is 447 g/mol. The van der Waals surface area contributed by atoms with Crippen molar-refractivity contribution in [3.05, 3.63) is 76.9 Å². The van der Waals surface area contributed by atoms with E-state index >= 15 is 0 Å². The van der Waals surface area contributed by atoms with Crippen molar-refractivity contribution in [2.75, 3.05) is 11.6 Å². The Labute approximate surface area is 185 Å². The minimum atomic E-state index is -4.51. The zero-order valence-electron chi connectivity index (χ0n) is 16.3. The lowest BCUT2D eigenvalue weighted by Crippen LogP contribution is -2.15. The molecule has 0 aliphatic carbocycles. The first-order chi connectivity index (χ1) is 14.8. The van der Waals surface area contributed by atoms with E-state index in [1.807, 2.05) is 30.3 Å². The van der Waals surface area contributed by atoms with Gasteiger partial charge in [-0.2, -0.15) is 13.2 Å². The molecular formula is C21H18F3N3O2S2. The number of benzene rings is 2. The van der Waals surface area contributed by atoms with E-state index in [0.717, 1.165) is 11.6 Å². The first-order valence-electron chi connectivity index (χ1n) is 9.04. The van der Waals surface area contributed by atoms with E-state index in [1.54, 1.807) is 6.26 Å². The second-order valence-electron chi connectivity index (χ2n) is 6.33. The van der Waals surface area contributed by atoms with Crippen LogP contribution in [0.4, 0.5) is 19.0 Å². The molecule has 0 radical (unpaired) electrons. The molecule has 0 fully saturated rings. The summed E-state index contributed by atoms with van der Waals surface area (Å²) in [5, 5.41) is 13.1. The second-order valence-corrected chi connectivity index (χ2v) is 8.06. The molecule has 0 atom stereocenters. The highest BCUT2D eigenvalue weighted by atomic mass is 32.2. The number of aromatic carboxylic acids is 1. The zero-order chi connectivity index (χ0) is 22.4. The fourth-order valence-electron chi connectivity index (χ4n) is 2.79. The van der Waals surface area contributed by atoms with Crippen molar-refractivity contribution in [3.8, 4) is 0 Å². The second kappa shape index (κ2) is 10.1. The lowest BCUT2D eigenvalue weighted by Gasteiger charge is -2.16. The molecule has 3 rings (SSSR count). The summed E-state index contributed by atoms with van der Waals surface area (Å²) in [6.07, 6.45) is -2.77. The highest BCUT2D eigenvalue weighted by Gasteiger charge is 2.33. The predicted octanol–water partition coefficient (Wildman–Crippen LogP) is 5.82. The summed E-state index contributed by atoms with van der Waals surface area (Å²) in [7, 11) is 0. The first-order valence-corrected chi connectivity index (χ1v) is 11.3. The Morgan fingerprint density at radius 2 is 1.74 bits per heavy atom. The Kier molecular flexibility index (Phi) is 7.45. The lowest BCUT2D eigenvalue weighted by atomic mass is 10.1. The summed E-state index contributed by atoms with van der Waals surface area (Å²) in [6, 6.07) is 14.6. The van der Waals surface area contributed by atoms with Gasteiger partial charge in [0.15, 0.2) is 5.16 Å². The number of carbonyl (C=O) groups is 1. The van der Waals surface area contributed by atoms with E-state index in [1.165, 1.54) is 41.7 Å². The van der Waals surface area contributed by atoms with Crippen LogP contribution in [-0.2, 0) is 18.5 Å². The fourth-order valence-corrected chi connectivity index (χ4v) is 4.19. The van der Waals surface area contributed by atoms with Gasteiger partial charge in [0.05, 0.1) is 5.56 Å². The highest BCUT2D eigenvalue weighted by molar-refractivity contribution is 7.99. The number of alkyl halides is 3. The Morgan fingerprint density at radius 3 is 2.39 bits per heavy atom. The molecule has 31 heavy (non-hydrogen) atoms. The lowest BCUT2D eigenvalue weighted by molar-refractivity contribution is -0.138. The number of nitrogens with one attached hydrogen (secondary N) is 1. The van der Waals surface area contributed by atoms with E-state index in [-0.39, 0.29) is 28.5 Å². The van der Waals surface area contributed by atoms with Crippen LogP contribution in [0.25, 0.3) is 0 Å². The summed E-state index contributed by atoms with van der Waals surface area (Å²) in [5.74, 6) is -0.781. The molecule has 0 unspecified atom stereocenters. The van der Waals surface area contributed by atoms with Gasteiger partial charge in [0.2, 0.25) is 0 Å². The largest absolute Gasteiger partial charge is 0.477 e. The van der Waals surface area contributed by atoms with Crippen LogP contribution >= 0.6 is 23.5 Å². The molecule has 5 nitrogen and oxygen atoms in total. The molecule has 1 heterocycles. The van der Waals surface area contributed by atoms with Crippen molar-refractivity contribution in [2.24, 2.45) is 0 Å². The Hall–Kier alpha value is -2.72. The van der Waals surface area contributed by atoms with E-state index < -0.39 is 17.7 Å². The molecule has 0 amide bonds. The van der Waals surface area contributed by atoms with Crippen LogP contribution < -0.4 is 5.32 Å². The van der Waals surface area contributed by atoms with Crippen LogP contribution in [-0.4, -0.2) is 27.3 Å². The Bertz CT molecular complexity index is 1060. The SMILES string of the molecule is CSc1nc(NCc2ccccc2C(F)(F)F)c(C(=O)O)c(SCc2ccccc2)n1. The van der Waals surface area contributed by atoms with Gasteiger partial charge in [-0.1, -0.05) is 60.3 Å². The van der Waals surface area contributed by atoms with Crippen LogP contribution in [0.2, 0.25) is 0 Å². The minimum Gasteiger partial charge on any atom is -0.477 e. The maximum absolute atomic E-state index is 13.3. The average Bonchev–Trinajstić information content (AvgIpc) is 2.75. The quantitative estimate of drug-likeness (QED) is 0.247. The summed E-state index contributed by atoms with van der Waals surface area (Å²) in [4.78, 5) is 20.5. The predicted molar refractivity (Wildman–Crippen MR) is 116 cm³/mol. The third-order valence-electron chi connectivity index (χ3n) is 4.24. The molecule has 10 heteroatoms. The molecule has 1 aromatic heterocycles. The van der Waals surface area contributed by atoms with Gasteiger partial charge in [0.1, 0.15) is 16.4 Å². The topological polar surface area (TPSA) is 75.1 Å². The maximum atomic E-state index is 13.3. The van der Waals surface area contributed by atoms with Crippen molar-refractivity contribution in [2.45, 2.75) is 28.7 Å². The van der Waals surface area contributed by atoms with Gasteiger partial charge in [-0.25, -0.2) is 14.8 Å². The monoisotopic (exact) mass is 465 g/mol. The molecule has 162 valence electrons. The third-order valence-corrected chi connectivity index (χ3v) is 5.83. The summed E-state index contributed by atoms with van der Waals surface area (Å²) in [5.41, 5.74) is 0.0383. The minimum absolute atomic E-state index is 0.00542. The smallest absolute Gasteiger partial charge is 0.416 e. The normalized spacial score (nSPS) is 11.4. The first kappa shape index (κ1) is 23.0. The number of hydrogen-bond donors (Lipinski definition) is 2. The van der Waals surface area contributed by atoms with Gasteiger partial charge < -0.3 is 10.4 Å². The van der Waals surface area contributed by atoms with Crippen molar-refractivity contribution in [3.63, 3.8) is 0 Å². The van der Waals surface area contributed by atoms with Crippen molar-refractivity contribution < 1.29 is 23.1 Å². The zero-order valence-corrected chi connectivity index (χ0v) is 17.9. The van der Waals surface area contributed by atoms with Crippen molar-refractivity contribution >= 4 is 35.3 Å². The number of carboxylic acids is 1. The molecule has 3 aromatic rings.